The van der Waals surface area contributed by atoms with Crippen LogP contribution in [-0.2, 0) is 17.3 Å². The third kappa shape index (κ3) is 2.54. The first-order valence-corrected chi connectivity index (χ1v) is 8.27. The molecule has 0 atom stereocenters. The molecule has 0 spiro atoms. The Morgan fingerprint density at radius 1 is 0.818 bits per heavy atom. The average molecular weight is 293 g/mol. The van der Waals surface area contributed by atoms with E-state index in [0.29, 0.717) is 0 Å². The summed E-state index contributed by atoms with van der Waals surface area (Å²) in [5, 5.41) is 0. The maximum Gasteiger partial charge on any atom is 0.0349 e. The van der Waals surface area contributed by atoms with Gasteiger partial charge in [0.25, 0.3) is 0 Å². The van der Waals surface area contributed by atoms with Gasteiger partial charge in [0.05, 0.1) is 0 Å². The summed E-state index contributed by atoms with van der Waals surface area (Å²) in [5.74, 6) is 0. The number of anilines is 1. The molecule has 0 saturated carbocycles. The number of hydrogen-bond donors (Lipinski definition) is 1. The molecule has 116 valence electrons. The summed E-state index contributed by atoms with van der Waals surface area (Å²) in [6.07, 6.45) is 3.42. The van der Waals surface area contributed by atoms with E-state index in [1.807, 2.05) is 12.1 Å². The van der Waals surface area contributed by atoms with Gasteiger partial charge in [-0.15, -0.1) is 0 Å². The molecule has 0 radical (unpaired) electrons. The normalized spacial score (nSPS) is 18.7. The largest absolute Gasteiger partial charge is 0.398 e. The van der Waals surface area contributed by atoms with Crippen LogP contribution in [0, 0.1) is 0 Å². The summed E-state index contributed by atoms with van der Waals surface area (Å²) in [6.45, 7) is 9.53. The quantitative estimate of drug-likeness (QED) is 0.756. The van der Waals surface area contributed by atoms with E-state index in [-0.39, 0.29) is 10.8 Å². The standard InChI is InChI=1S/C21H27N/c1-20(2)12-13-21(3,4)19-16(9-7-10-17(19)20)14-15-8-5-6-11-18(15)22/h5-11H,12-14,22H2,1-4H3. The lowest BCUT2D eigenvalue weighted by atomic mass is 9.61. The highest BCUT2D eigenvalue weighted by atomic mass is 14.6. The molecular formula is C21H27N. The molecular weight excluding hydrogens is 266 g/mol. The zero-order chi connectivity index (χ0) is 16.0. The molecule has 1 aliphatic carbocycles. The molecule has 0 aromatic heterocycles. The lowest BCUT2D eigenvalue weighted by molar-refractivity contribution is 0.330. The zero-order valence-electron chi connectivity index (χ0n) is 14.2. The SMILES string of the molecule is CC1(C)CCC(C)(C)c2c(Cc3ccccc3N)cccc21. The molecule has 1 aliphatic rings. The van der Waals surface area contributed by atoms with Gasteiger partial charge < -0.3 is 5.73 Å². The molecule has 0 bridgehead atoms. The molecule has 3 rings (SSSR count). The van der Waals surface area contributed by atoms with E-state index < -0.39 is 0 Å². The van der Waals surface area contributed by atoms with Crippen molar-refractivity contribution in [3.05, 3.63) is 64.7 Å². The van der Waals surface area contributed by atoms with E-state index in [0.717, 1.165) is 12.1 Å². The van der Waals surface area contributed by atoms with Crippen LogP contribution in [0.2, 0.25) is 0 Å². The minimum absolute atomic E-state index is 0.241. The van der Waals surface area contributed by atoms with Crippen molar-refractivity contribution in [2.75, 3.05) is 5.73 Å². The fraction of sp³-hybridized carbons (Fsp3) is 0.429. The van der Waals surface area contributed by atoms with Crippen molar-refractivity contribution >= 4 is 5.69 Å². The summed E-state index contributed by atoms with van der Waals surface area (Å²) < 4.78 is 0. The lowest BCUT2D eigenvalue weighted by Crippen LogP contribution is -2.35. The molecule has 22 heavy (non-hydrogen) atoms. The van der Waals surface area contributed by atoms with Gasteiger partial charge in [0.15, 0.2) is 0 Å². The van der Waals surface area contributed by atoms with E-state index in [4.69, 9.17) is 5.73 Å². The van der Waals surface area contributed by atoms with Crippen molar-refractivity contribution in [2.45, 2.75) is 57.8 Å². The number of nitrogen functional groups attached to an aromatic ring is 1. The highest BCUT2D eigenvalue weighted by molar-refractivity contribution is 5.53. The molecule has 2 aromatic carbocycles. The fourth-order valence-corrected chi connectivity index (χ4v) is 3.90. The minimum atomic E-state index is 0.241. The Bertz CT molecular complexity index is 695. The van der Waals surface area contributed by atoms with E-state index >= 15 is 0 Å². The van der Waals surface area contributed by atoms with Crippen LogP contribution in [-0.4, -0.2) is 0 Å². The average Bonchev–Trinajstić information content (AvgIpc) is 2.46. The van der Waals surface area contributed by atoms with Gasteiger partial charge in [0.2, 0.25) is 0 Å². The molecule has 0 aliphatic heterocycles. The Morgan fingerprint density at radius 2 is 1.45 bits per heavy atom. The molecule has 0 amide bonds. The van der Waals surface area contributed by atoms with Crippen molar-refractivity contribution in [1.82, 2.24) is 0 Å². The van der Waals surface area contributed by atoms with Crippen LogP contribution in [0.15, 0.2) is 42.5 Å². The molecule has 0 heterocycles. The van der Waals surface area contributed by atoms with Crippen LogP contribution in [0.4, 0.5) is 5.69 Å². The number of rotatable bonds is 2. The van der Waals surface area contributed by atoms with Crippen molar-refractivity contribution in [3.63, 3.8) is 0 Å². The maximum absolute atomic E-state index is 6.17. The maximum atomic E-state index is 6.17. The first-order valence-electron chi connectivity index (χ1n) is 8.27. The highest BCUT2D eigenvalue weighted by Gasteiger charge is 2.38. The van der Waals surface area contributed by atoms with Crippen LogP contribution >= 0.6 is 0 Å². The summed E-state index contributed by atoms with van der Waals surface area (Å²) >= 11 is 0. The third-order valence-corrected chi connectivity index (χ3v) is 5.37. The first kappa shape index (κ1) is 15.1. The Morgan fingerprint density at radius 3 is 2.18 bits per heavy atom. The third-order valence-electron chi connectivity index (χ3n) is 5.37. The molecule has 1 nitrogen and oxygen atoms in total. The summed E-state index contributed by atoms with van der Waals surface area (Å²) in [6, 6.07) is 15.1. The van der Waals surface area contributed by atoms with Gasteiger partial charge in [-0.2, -0.15) is 0 Å². The second kappa shape index (κ2) is 5.15. The van der Waals surface area contributed by atoms with Crippen LogP contribution in [0.1, 0.15) is 62.8 Å². The molecule has 2 aromatic rings. The van der Waals surface area contributed by atoms with Crippen molar-refractivity contribution < 1.29 is 0 Å². The van der Waals surface area contributed by atoms with E-state index in [2.05, 4.69) is 58.0 Å². The second-order valence-corrected chi connectivity index (χ2v) is 7.98. The molecule has 0 fully saturated rings. The van der Waals surface area contributed by atoms with Crippen molar-refractivity contribution in [1.29, 1.82) is 0 Å². The minimum Gasteiger partial charge on any atom is -0.398 e. The van der Waals surface area contributed by atoms with Gasteiger partial charge in [-0.3, -0.25) is 0 Å². The predicted octanol–water partition coefficient (Wildman–Crippen LogP) is 5.21. The van der Waals surface area contributed by atoms with Gasteiger partial charge in [0, 0.05) is 5.69 Å². The summed E-state index contributed by atoms with van der Waals surface area (Å²) in [7, 11) is 0. The lowest BCUT2D eigenvalue weighted by Gasteiger charge is -2.43. The van der Waals surface area contributed by atoms with Gasteiger partial charge in [0.1, 0.15) is 0 Å². The number of nitrogens with two attached hydrogens (primary N) is 1. The van der Waals surface area contributed by atoms with Crippen molar-refractivity contribution in [3.8, 4) is 0 Å². The molecule has 1 heteroatoms. The number of benzene rings is 2. The molecule has 0 unspecified atom stereocenters. The Hall–Kier alpha value is -1.76. The zero-order valence-corrected chi connectivity index (χ0v) is 14.2. The van der Waals surface area contributed by atoms with Gasteiger partial charge in [-0.25, -0.2) is 0 Å². The monoisotopic (exact) mass is 293 g/mol. The van der Waals surface area contributed by atoms with E-state index in [9.17, 15) is 0 Å². The van der Waals surface area contributed by atoms with E-state index in [1.54, 1.807) is 5.56 Å². The topological polar surface area (TPSA) is 26.0 Å². The smallest absolute Gasteiger partial charge is 0.0349 e. The number of para-hydroxylation sites is 1. The predicted molar refractivity (Wildman–Crippen MR) is 95.4 cm³/mol. The van der Waals surface area contributed by atoms with Gasteiger partial charge in [-0.05, 0) is 58.4 Å². The fourth-order valence-electron chi connectivity index (χ4n) is 3.90. The van der Waals surface area contributed by atoms with Crippen LogP contribution < -0.4 is 5.73 Å². The van der Waals surface area contributed by atoms with E-state index in [1.165, 1.54) is 29.5 Å². The van der Waals surface area contributed by atoms with Gasteiger partial charge in [-0.1, -0.05) is 64.1 Å². The van der Waals surface area contributed by atoms with Crippen LogP contribution in [0.5, 0.6) is 0 Å². The van der Waals surface area contributed by atoms with Gasteiger partial charge >= 0.3 is 0 Å². The van der Waals surface area contributed by atoms with Crippen LogP contribution in [0.25, 0.3) is 0 Å². The Kier molecular flexibility index (Phi) is 3.55. The summed E-state index contributed by atoms with van der Waals surface area (Å²) in [5.41, 5.74) is 13.3. The second-order valence-electron chi connectivity index (χ2n) is 7.98. The molecule has 2 N–H and O–H groups in total. The summed E-state index contributed by atoms with van der Waals surface area (Å²) in [4.78, 5) is 0. The molecule has 0 saturated heterocycles. The van der Waals surface area contributed by atoms with Crippen molar-refractivity contribution in [2.24, 2.45) is 0 Å². The first-order chi connectivity index (χ1) is 10.3. The number of fused-ring (bicyclic) bond motifs is 1. The van der Waals surface area contributed by atoms with Crippen LogP contribution in [0.3, 0.4) is 0 Å². The Balaban J connectivity index is 2.13. The number of hydrogen-bond acceptors (Lipinski definition) is 1. The Labute approximate surface area is 134 Å². The highest BCUT2D eigenvalue weighted by Crippen LogP contribution is 2.47.